The van der Waals surface area contributed by atoms with Crippen molar-refractivity contribution in [2.75, 3.05) is 11.8 Å². The van der Waals surface area contributed by atoms with Gasteiger partial charge in [0.1, 0.15) is 10.7 Å². The van der Waals surface area contributed by atoms with Gasteiger partial charge in [-0.15, -0.1) is 0 Å². The molecule has 0 unspecified atom stereocenters. The van der Waals surface area contributed by atoms with Crippen LogP contribution in [0.1, 0.15) is 10.4 Å². The number of rotatable bonds is 4. The highest BCUT2D eigenvalue weighted by Gasteiger charge is 2.24. The van der Waals surface area contributed by atoms with Gasteiger partial charge in [0.2, 0.25) is 0 Å². The average molecular weight is 315 g/mol. The van der Waals surface area contributed by atoms with Crippen molar-refractivity contribution in [2.45, 2.75) is 4.90 Å². The summed E-state index contributed by atoms with van der Waals surface area (Å²) in [6, 6.07) is 4.40. The van der Waals surface area contributed by atoms with Crippen molar-refractivity contribution in [3.05, 3.63) is 46.4 Å². The first kappa shape index (κ1) is 14.5. The third-order valence-electron chi connectivity index (χ3n) is 2.41. The van der Waals surface area contributed by atoms with Crippen LogP contribution in [0.3, 0.4) is 0 Å². The predicted molar refractivity (Wildman–Crippen MR) is 72.9 cm³/mol. The molecule has 0 fully saturated rings. The van der Waals surface area contributed by atoms with Gasteiger partial charge >= 0.3 is 5.97 Å². The van der Waals surface area contributed by atoms with Crippen molar-refractivity contribution in [3.63, 3.8) is 0 Å². The molecule has 0 bridgehead atoms. The Labute approximate surface area is 119 Å². The SMILES string of the molecule is COC(=O)c1ccc(F)cc1S(=O)(=O)Nc1ccsc1. The summed E-state index contributed by atoms with van der Waals surface area (Å²) in [5, 5.41) is 3.26. The van der Waals surface area contributed by atoms with Crippen LogP contribution in [0.2, 0.25) is 0 Å². The van der Waals surface area contributed by atoms with Crippen LogP contribution in [0.4, 0.5) is 10.1 Å². The minimum Gasteiger partial charge on any atom is -0.465 e. The van der Waals surface area contributed by atoms with E-state index in [0.29, 0.717) is 5.69 Å². The Morgan fingerprint density at radius 3 is 2.70 bits per heavy atom. The monoisotopic (exact) mass is 315 g/mol. The highest BCUT2D eigenvalue weighted by atomic mass is 32.2. The lowest BCUT2D eigenvalue weighted by molar-refractivity contribution is 0.0596. The van der Waals surface area contributed by atoms with Crippen molar-refractivity contribution in [2.24, 2.45) is 0 Å². The van der Waals surface area contributed by atoms with Crippen molar-refractivity contribution in [1.82, 2.24) is 0 Å². The van der Waals surface area contributed by atoms with E-state index in [9.17, 15) is 17.6 Å². The molecule has 0 aliphatic heterocycles. The zero-order valence-electron chi connectivity index (χ0n) is 10.3. The molecule has 5 nitrogen and oxygen atoms in total. The van der Waals surface area contributed by atoms with Crippen LogP contribution in [0, 0.1) is 5.82 Å². The number of thiophene rings is 1. The molecule has 1 aromatic heterocycles. The molecule has 8 heteroatoms. The maximum Gasteiger partial charge on any atom is 0.339 e. The first-order valence-electron chi connectivity index (χ1n) is 5.37. The number of halogens is 1. The highest BCUT2D eigenvalue weighted by Crippen LogP contribution is 2.22. The van der Waals surface area contributed by atoms with Gasteiger partial charge in [-0.2, -0.15) is 11.3 Å². The number of carbonyl (C=O) groups is 1. The zero-order chi connectivity index (χ0) is 14.8. The fourth-order valence-electron chi connectivity index (χ4n) is 1.53. The van der Waals surface area contributed by atoms with E-state index in [-0.39, 0.29) is 5.56 Å². The van der Waals surface area contributed by atoms with Crippen molar-refractivity contribution in [1.29, 1.82) is 0 Å². The number of hydrogen-bond acceptors (Lipinski definition) is 5. The largest absolute Gasteiger partial charge is 0.465 e. The van der Waals surface area contributed by atoms with Crippen LogP contribution >= 0.6 is 11.3 Å². The first-order chi connectivity index (χ1) is 9.44. The van der Waals surface area contributed by atoms with Crippen LogP contribution in [0.5, 0.6) is 0 Å². The van der Waals surface area contributed by atoms with Crippen molar-refractivity contribution >= 4 is 33.0 Å². The fourth-order valence-corrected chi connectivity index (χ4v) is 3.45. The number of benzene rings is 1. The van der Waals surface area contributed by atoms with Crippen molar-refractivity contribution < 1.29 is 22.3 Å². The van der Waals surface area contributed by atoms with E-state index in [0.717, 1.165) is 25.3 Å². The Hall–Kier alpha value is -1.93. The molecule has 2 rings (SSSR count). The Morgan fingerprint density at radius 2 is 2.10 bits per heavy atom. The number of methoxy groups -OCH3 is 1. The number of carbonyl (C=O) groups excluding carboxylic acids is 1. The van der Waals surface area contributed by atoms with Crippen LogP contribution in [0.25, 0.3) is 0 Å². The molecular weight excluding hydrogens is 305 g/mol. The van der Waals surface area contributed by atoms with E-state index in [2.05, 4.69) is 9.46 Å². The van der Waals surface area contributed by atoms with Gasteiger partial charge in [0.15, 0.2) is 0 Å². The van der Waals surface area contributed by atoms with Gasteiger partial charge < -0.3 is 4.74 Å². The minimum absolute atomic E-state index is 0.225. The Balaban J connectivity index is 2.50. The van der Waals surface area contributed by atoms with Gasteiger partial charge in [-0.25, -0.2) is 17.6 Å². The Bertz CT molecular complexity index is 726. The summed E-state index contributed by atoms with van der Waals surface area (Å²) in [4.78, 5) is 11.1. The molecule has 0 saturated carbocycles. The molecule has 0 radical (unpaired) electrons. The van der Waals surface area contributed by atoms with Gasteiger partial charge in [-0.3, -0.25) is 4.72 Å². The quantitative estimate of drug-likeness (QED) is 0.880. The molecule has 1 aromatic carbocycles. The number of nitrogens with one attached hydrogen (secondary N) is 1. The number of anilines is 1. The second-order valence-electron chi connectivity index (χ2n) is 3.75. The van der Waals surface area contributed by atoms with E-state index in [1.54, 1.807) is 16.8 Å². The maximum atomic E-state index is 13.3. The topological polar surface area (TPSA) is 72.5 Å². The zero-order valence-corrected chi connectivity index (χ0v) is 11.9. The van der Waals surface area contributed by atoms with E-state index >= 15 is 0 Å². The molecule has 0 aliphatic rings. The normalized spacial score (nSPS) is 11.1. The molecule has 1 heterocycles. The number of ether oxygens (including phenoxy) is 1. The van der Waals surface area contributed by atoms with E-state index < -0.39 is 26.7 Å². The molecule has 106 valence electrons. The molecule has 20 heavy (non-hydrogen) atoms. The summed E-state index contributed by atoms with van der Waals surface area (Å²) in [5.74, 6) is -1.61. The maximum absolute atomic E-state index is 13.3. The molecule has 2 aromatic rings. The van der Waals surface area contributed by atoms with E-state index in [1.807, 2.05) is 0 Å². The molecule has 0 saturated heterocycles. The number of hydrogen-bond donors (Lipinski definition) is 1. The lowest BCUT2D eigenvalue weighted by Crippen LogP contribution is -2.17. The molecule has 0 atom stereocenters. The summed E-state index contributed by atoms with van der Waals surface area (Å²) in [6.45, 7) is 0. The third-order valence-corrected chi connectivity index (χ3v) is 4.52. The number of sulfonamides is 1. The van der Waals surface area contributed by atoms with Crippen LogP contribution < -0.4 is 4.72 Å². The molecule has 0 amide bonds. The van der Waals surface area contributed by atoms with Gasteiger partial charge in [-0.05, 0) is 29.6 Å². The third kappa shape index (κ3) is 2.97. The highest BCUT2D eigenvalue weighted by molar-refractivity contribution is 7.92. The average Bonchev–Trinajstić information content (AvgIpc) is 2.90. The van der Waals surface area contributed by atoms with Gasteiger partial charge in [-0.1, -0.05) is 0 Å². The molecule has 0 spiro atoms. The van der Waals surface area contributed by atoms with Crippen molar-refractivity contribution in [3.8, 4) is 0 Å². The smallest absolute Gasteiger partial charge is 0.339 e. The molecule has 1 N–H and O–H groups in total. The minimum atomic E-state index is -4.08. The van der Waals surface area contributed by atoms with Crippen LogP contribution in [0.15, 0.2) is 39.9 Å². The Morgan fingerprint density at radius 1 is 1.35 bits per heavy atom. The lowest BCUT2D eigenvalue weighted by atomic mass is 10.2. The predicted octanol–water partition coefficient (Wildman–Crippen LogP) is 2.47. The Kier molecular flexibility index (Phi) is 4.05. The van der Waals surface area contributed by atoms with Gasteiger partial charge in [0.05, 0.1) is 18.4 Å². The summed E-state index contributed by atoms with van der Waals surface area (Å²) >= 11 is 1.30. The van der Waals surface area contributed by atoms with Crippen LogP contribution in [-0.4, -0.2) is 21.5 Å². The summed E-state index contributed by atoms with van der Waals surface area (Å²) < 4.78 is 44.5. The van der Waals surface area contributed by atoms with E-state index in [1.165, 1.54) is 11.3 Å². The van der Waals surface area contributed by atoms with Crippen LogP contribution in [-0.2, 0) is 14.8 Å². The molecular formula is C12H10FNO4S2. The summed E-state index contributed by atoms with van der Waals surface area (Å²) in [5.41, 5.74) is 0.117. The van der Waals surface area contributed by atoms with Gasteiger partial charge in [0.25, 0.3) is 10.0 Å². The second-order valence-corrected chi connectivity index (χ2v) is 6.18. The van der Waals surface area contributed by atoms with E-state index in [4.69, 9.17) is 0 Å². The molecule has 0 aliphatic carbocycles. The second kappa shape index (κ2) is 5.59. The lowest BCUT2D eigenvalue weighted by Gasteiger charge is -2.10. The first-order valence-corrected chi connectivity index (χ1v) is 7.79. The number of esters is 1. The fraction of sp³-hybridized carbons (Fsp3) is 0.0833. The summed E-state index contributed by atoms with van der Waals surface area (Å²) in [7, 11) is -2.96. The summed E-state index contributed by atoms with van der Waals surface area (Å²) in [6.07, 6.45) is 0. The standard InChI is InChI=1S/C12H10FNO4S2/c1-18-12(15)10-3-2-8(13)6-11(10)20(16,17)14-9-4-5-19-7-9/h2-7,14H,1H3. The van der Waals surface area contributed by atoms with Gasteiger partial charge in [0, 0.05) is 5.38 Å².